The highest BCUT2D eigenvalue weighted by Gasteiger charge is 2.36. The zero-order chi connectivity index (χ0) is 21.5. The summed E-state index contributed by atoms with van der Waals surface area (Å²) in [6.45, 7) is 3.19. The van der Waals surface area contributed by atoms with Gasteiger partial charge in [0, 0.05) is 18.1 Å². The molecule has 0 aromatic carbocycles. The normalized spacial score (nSPS) is 13.1. The summed E-state index contributed by atoms with van der Waals surface area (Å²) in [4.78, 5) is 25.9. The molecule has 11 heteroatoms. The van der Waals surface area contributed by atoms with E-state index in [0.29, 0.717) is 18.4 Å². The number of aromatic nitrogens is 1. The van der Waals surface area contributed by atoms with Crippen LogP contribution in [0.15, 0.2) is 6.07 Å². The predicted octanol–water partition coefficient (Wildman–Crippen LogP) is 2.95. The lowest BCUT2D eigenvalue weighted by Crippen LogP contribution is -2.26. The van der Waals surface area contributed by atoms with Gasteiger partial charge in [-0.15, -0.1) is 5.92 Å². The van der Waals surface area contributed by atoms with Gasteiger partial charge in [0.1, 0.15) is 0 Å². The van der Waals surface area contributed by atoms with Crippen molar-refractivity contribution >= 4 is 11.7 Å². The Morgan fingerprint density at radius 1 is 1.46 bits per heavy atom. The molecule has 0 bridgehead atoms. The molecule has 0 aliphatic heterocycles. The van der Waals surface area contributed by atoms with Gasteiger partial charge in [-0.2, -0.15) is 18.2 Å². The summed E-state index contributed by atoms with van der Waals surface area (Å²) in [5.41, 5.74) is -0.672. The molecule has 0 saturated carbocycles. The Morgan fingerprint density at radius 2 is 2.11 bits per heavy atom. The zero-order valence-electron chi connectivity index (χ0n) is 15.4. The lowest BCUT2D eigenvalue weighted by molar-refractivity contribution is -0.385. The van der Waals surface area contributed by atoms with Crippen LogP contribution in [0.4, 0.5) is 18.9 Å². The molecule has 0 aliphatic carbocycles. The van der Waals surface area contributed by atoms with Gasteiger partial charge in [0.2, 0.25) is 17.7 Å². The molecule has 1 N–H and O–H groups in total. The Balaban J connectivity index is 2.74. The monoisotopic (exact) mass is 404 g/mol. The SMILES string of the molecule is COC(=O)c1nc(OC(C)CCCC#CC(O)C(F)(F)F)c(C)cc1[N+](=O)[O-]. The van der Waals surface area contributed by atoms with E-state index in [9.17, 15) is 28.1 Å². The number of unbranched alkanes of at least 4 members (excludes halogenated alkanes) is 1. The van der Waals surface area contributed by atoms with Gasteiger partial charge in [0.25, 0.3) is 0 Å². The minimum absolute atomic E-state index is 0.0112. The third-order valence-corrected chi connectivity index (χ3v) is 3.50. The summed E-state index contributed by atoms with van der Waals surface area (Å²) in [6.07, 6.45) is -7.02. The number of aliphatic hydroxyl groups excluding tert-OH is 1. The van der Waals surface area contributed by atoms with Gasteiger partial charge in [0.15, 0.2) is 0 Å². The molecule has 8 nitrogen and oxygen atoms in total. The van der Waals surface area contributed by atoms with E-state index in [1.165, 1.54) is 6.92 Å². The number of aliphatic hydroxyl groups is 1. The van der Waals surface area contributed by atoms with Crippen LogP contribution in [-0.4, -0.2) is 46.5 Å². The molecule has 28 heavy (non-hydrogen) atoms. The number of aryl methyl sites for hydroxylation is 1. The van der Waals surface area contributed by atoms with Crippen LogP contribution in [0.2, 0.25) is 0 Å². The highest BCUT2D eigenvalue weighted by atomic mass is 19.4. The van der Waals surface area contributed by atoms with Crippen molar-refractivity contribution in [3.05, 3.63) is 27.4 Å². The fraction of sp³-hybridized carbons (Fsp3) is 0.529. The molecule has 2 unspecified atom stereocenters. The van der Waals surface area contributed by atoms with E-state index in [-0.39, 0.29) is 12.3 Å². The Hall–Kier alpha value is -2.87. The summed E-state index contributed by atoms with van der Waals surface area (Å²) in [7, 11) is 1.06. The number of carbonyl (C=O) groups excluding carboxylic acids is 1. The molecule has 1 aromatic rings. The fourth-order valence-corrected chi connectivity index (χ4v) is 2.07. The van der Waals surface area contributed by atoms with Crippen LogP contribution in [0.5, 0.6) is 5.88 Å². The number of rotatable bonds is 7. The summed E-state index contributed by atoms with van der Waals surface area (Å²) in [6, 6.07) is 1.14. The maximum Gasteiger partial charge on any atom is 0.425 e. The van der Waals surface area contributed by atoms with Gasteiger partial charge in [-0.3, -0.25) is 10.1 Å². The molecule has 154 valence electrons. The molecule has 1 heterocycles. The Morgan fingerprint density at radius 3 is 2.64 bits per heavy atom. The van der Waals surface area contributed by atoms with E-state index in [1.54, 1.807) is 12.8 Å². The summed E-state index contributed by atoms with van der Waals surface area (Å²) < 4.78 is 46.4. The van der Waals surface area contributed by atoms with Gasteiger partial charge in [0.05, 0.1) is 18.1 Å². The predicted molar refractivity (Wildman–Crippen MR) is 90.7 cm³/mol. The van der Waals surface area contributed by atoms with Gasteiger partial charge in [-0.1, -0.05) is 5.92 Å². The van der Waals surface area contributed by atoms with Crippen LogP contribution < -0.4 is 4.74 Å². The lowest BCUT2D eigenvalue weighted by Gasteiger charge is -2.15. The van der Waals surface area contributed by atoms with Crippen LogP contribution in [0.3, 0.4) is 0 Å². The smallest absolute Gasteiger partial charge is 0.425 e. The number of hydrogen-bond acceptors (Lipinski definition) is 7. The largest absolute Gasteiger partial charge is 0.474 e. The van der Waals surface area contributed by atoms with E-state index in [4.69, 9.17) is 9.84 Å². The molecule has 2 atom stereocenters. The van der Waals surface area contributed by atoms with Crippen LogP contribution >= 0.6 is 0 Å². The molecule has 1 aromatic heterocycles. The first-order valence-corrected chi connectivity index (χ1v) is 8.11. The number of nitro groups is 1. The van der Waals surface area contributed by atoms with E-state index >= 15 is 0 Å². The minimum Gasteiger partial charge on any atom is -0.474 e. The lowest BCUT2D eigenvalue weighted by atomic mass is 10.1. The van der Waals surface area contributed by atoms with E-state index in [1.807, 2.05) is 0 Å². The highest BCUT2D eigenvalue weighted by molar-refractivity contribution is 5.91. The van der Waals surface area contributed by atoms with E-state index in [2.05, 4.69) is 15.6 Å². The number of ether oxygens (including phenoxy) is 2. The number of esters is 1. The van der Waals surface area contributed by atoms with E-state index in [0.717, 1.165) is 13.2 Å². The summed E-state index contributed by atoms with van der Waals surface area (Å²) in [5.74, 6) is 2.98. The molecule has 0 aliphatic rings. The number of halogens is 3. The number of pyridine rings is 1. The third-order valence-electron chi connectivity index (χ3n) is 3.50. The number of alkyl halides is 3. The third kappa shape index (κ3) is 6.70. The Labute approximate surface area is 158 Å². The van der Waals surface area contributed by atoms with Crippen LogP contribution in [0.25, 0.3) is 0 Å². The summed E-state index contributed by atoms with van der Waals surface area (Å²) >= 11 is 0. The average molecular weight is 404 g/mol. The molecular formula is C17H19F3N2O6. The first kappa shape index (κ1) is 23.2. The first-order chi connectivity index (χ1) is 13.0. The van der Waals surface area contributed by atoms with Crippen LogP contribution in [0.1, 0.15) is 42.2 Å². The van der Waals surface area contributed by atoms with Gasteiger partial charge >= 0.3 is 17.8 Å². The highest BCUT2D eigenvalue weighted by Crippen LogP contribution is 2.26. The molecule has 0 saturated heterocycles. The zero-order valence-corrected chi connectivity index (χ0v) is 15.4. The van der Waals surface area contributed by atoms with E-state index < -0.39 is 40.7 Å². The second-order valence-electron chi connectivity index (χ2n) is 5.81. The number of nitrogens with zero attached hydrogens (tertiary/aromatic N) is 2. The standard InChI is InChI=1S/C17H19F3N2O6/c1-10-9-12(22(25)26)14(16(24)27-3)21-15(10)28-11(2)7-5-4-6-8-13(23)17(18,19)20/h9,11,13,23H,4-5,7H2,1-3H3. The number of methoxy groups -OCH3 is 1. The number of hydrogen-bond donors (Lipinski definition) is 1. The molecule has 0 radical (unpaired) electrons. The quantitative estimate of drug-likeness (QED) is 0.244. The van der Waals surface area contributed by atoms with Crippen LogP contribution in [-0.2, 0) is 4.74 Å². The molecule has 1 rings (SSSR count). The summed E-state index contributed by atoms with van der Waals surface area (Å²) in [5, 5.41) is 19.8. The van der Waals surface area contributed by atoms with Gasteiger partial charge in [-0.05, 0) is 26.7 Å². The minimum atomic E-state index is -4.78. The first-order valence-electron chi connectivity index (χ1n) is 8.11. The number of carbonyl (C=O) groups is 1. The molecular weight excluding hydrogens is 385 g/mol. The average Bonchev–Trinajstić information content (AvgIpc) is 2.60. The fourth-order valence-electron chi connectivity index (χ4n) is 2.07. The van der Waals surface area contributed by atoms with Crippen molar-refractivity contribution in [2.75, 3.05) is 7.11 Å². The second-order valence-corrected chi connectivity index (χ2v) is 5.81. The van der Waals surface area contributed by atoms with Crippen molar-refractivity contribution in [3.63, 3.8) is 0 Å². The maximum atomic E-state index is 12.1. The maximum absolute atomic E-state index is 12.1. The second kappa shape index (κ2) is 9.89. The van der Waals surface area contributed by atoms with Crippen molar-refractivity contribution < 1.29 is 37.5 Å². The van der Waals surface area contributed by atoms with Crippen molar-refractivity contribution in [1.29, 1.82) is 0 Å². The van der Waals surface area contributed by atoms with Gasteiger partial charge < -0.3 is 14.6 Å². The Kier molecular flexibility index (Phi) is 8.18. The van der Waals surface area contributed by atoms with Crippen molar-refractivity contribution in [2.45, 2.75) is 51.5 Å². The van der Waals surface area contributed by atoms with Crippen molar-refractivity contribution in [2.24, 2.45) is 0 Å². The Bertz CT molecular complexity index is 786. The molecule has 0 amide bonds. The topological polar surface area (TPSA) is 112 Å². The molecule has 0 fully saturated rings. The van der Waals surface area contributed by atoms with Crippen molar-refractivity contribution in [3.8, 4) is 17.7 Å². The van der Waals surface area contributed by atoms with Gasteiger partial charge in [-0.25, -0.2) is 4.79 Å². The van der Waals surface area contributed by atoms with Crippen molar-refractivity contribution in [1.82, 2.24) is 4.98 Å². The molecule has 0 spiro atoms. The van der Waals surface area contributed by atoms with Crippen LogP contribution in [0, 0.1) is 28.9 Å².